The average molecular weight is 549 g/mol. The molecule has 0 spiro atoms. The summed E-state index contributed by atoms with van der Waals surface area (Å²) < 4.78 is 13.8. The number of piperazine rings is 1. The number of nitrogens with zero attached hydrogens (tertiary/aromatic N) is 6. The lowest BCUT2D eigenvalue weighted by molar-refractivity contribution is 0.102. The molecule has 1 saturated heterocycles. The maximum absolute atomic E-state index is 13.8. The van der Waals surface area contributed by atoms with Crippen molar-refractivity contribution in [1.82, 2.24) is 24.8 Å². The third kappa shape index (κ3) is 6.63. The molecule has 5 rings (SSSR count). The fraction of sp³-hybridized carbons (Fsp3) is 0.222. The van der Waals surface area contributed by atoms with Crippen LogP contribution in [0, 0.1) is 5.82 Å². The van der Waals surface area contributed by atoms with Crippen LogP contribution in [0.2, 0.25) is 5.02 Å². The van der Waals surface area contributed by atoms with Gasteiger partial charge in [0, 0.05) is 50.2 Å². The van der Waals surface area contributed by atoms with Crippen molar-refractivity contribution in [2.24, 2.45) is 0 Å². The normalized spacial score (nSPS) is 13.8. The molecule has 0 aliphatic carbocycles. The zero-order chi connectivity index (χ0) is 27.2. The van der Waals surface area contributed by atoms with Crippen molar-refractivity contribution in [1.29, 1.82) is 0 Å². The largest absolute Gasteiger partial charge is 0.395 e. The molecule has 3 heterocycles. The Hall–Kier alpha value is -4.19. The van der Waals surface area contributed by atoms with E-state index in [-0.39, 0.29) is 23.5 Å². The molecule has 12 heteroatoms. The van der Waals surface area contributed by atoms with Gasteiger partial charge in [-0.1, -0.05) is 29.8 Å². The molecule has 0 saturated carbocycles. The Balaban J connectivity index is 1.38. The van der Waals surface area contributed by atoms with Gasteiger partial charge < -0.3 is 20.6 Å². The van der Waals surface area contributed by atoms with Crippen LogP contribution in [0.15, 0.2) is 66.9 Å². The standard InChI is InChI=1S/C27H26ClFN8O2/c28-21-16-18(6-8-22(21)29)24-33-26(35-27(34-24)37-12-10-36(11-13-37)14-15-38)32-23-9-7-19(17-30-23)25(39)31-20-4-2-1-3-5-20/h1-9,16-17,38H,10-15H2,(H,31,39)(H,30,32,33,34,35). The lowest BCUT2D eigenvalue weighted by Crippen LogP contribution is -2.47. The van der Waals surface area contributed by atoms with Crippen molar-refractivity contribution >= 4 is 40.9 Å². The molecular formula is C27H26ClFN8O2. The highest BCUT2D eigenvalue weighted by atomic mass is 35.5. The molecule has 0 bridgehead atoms. The smallest absolute Gasteiger partial charge is 0.257 e. The third-order valence-electron chi connectivity index (χ3n) is 6.17. The number of nitrogens with one attached hydrogen (secondary N) is 2. The number of benzene rings is 2. The highest BCUT2D eigenvalue weighted by molar-refractivity contribution is 6.31. The lowest BCUT2D eigenvalue weighted by atomic mass is 10.2. The van der Waals surface area contributed by atoms with E-state index in [1.54, 1.807) is 30.3 Å². The third-order valence-corrected chi connectivity index (χ3v) is 6.46. The molecule has 0 radical (unpaired) electrons. The quantitative estimate of drug-likeness (QED) is 0.302. The lowest BCUT2D eigenvalue weighted by Gasteiger charge is -2.34. The van der Waals surface area contributed by atoms with Crippen molar-refractivity contribution in [3.8, 4) is 11.4 Å². The number of rotatable bonds is 8. The van der Waals surface area contributed by atoms with Crippen molar-refractivity contribution < 1.29 is 14.3 Å². The zero-order valence-corrected chi connectivity index (χ0v) is 21.6. The first-order valence-corrected chi connectivity index (χ1v) is 12.8. The second-order valence-corrected chi connectivity index (χ2v) is 9.25. The summed E-state index contributed by atoms with van der Waals surface area (Å²) in [7, 11) is 0. The van der Waals surface area contributed by atoms with E-state index in [1.807, 2.05) is 23.1 Å². The second kappa shape index (κ2) is 12.1. The molecule has 39 heavy (non-hydrogen) atoms. The number of anilines is 4. The number of aliphatic hydroxyl groups is 1. The summed E-state index contributed by atoms with van der Waals surface area (Å²) in [5.41, 5.74) is 1.61. The van der Waals surface area contributed by atoms with Gasteiger partial charge in [0.1, 0.15) is 11.6 Å². The summed E-state index contributed by atoms with van der Waals surface area (Å²) in [5, 5.41) is 15.1. The first kappa shape index (κ1) is 26.4. The molecule has 200 valence electrons. The molecule has 2 aromatic carbocycles. The van der Waals surface area contributed by atoms with E-state index in [0.717, 1.165) is 13.1 Å². The predicted molar refractivity (Wildman–Crippen MR) is 148 cm³/mol. The Labute approximate surface area is 229 Å². The molecule has 1 aliphatic heterocycles. The Morgan fingerprint density at radius 1 is 1.00 bits per heavy atom. The summed E-state index contributed by atoms with van der Waals surface area (Å²) in [6, 6.07) is 16.8. The van der Waals surface area contributed by atoms with Gasteiger partial charge in [0.05, 0.1) is 17.2 Å². The van der Waals surface area contributed by atoms with Crippen LogP contribution in [0.5, 0.6) is 0 Å². The van der Waals surface area contributed by atoms with E-state index in [0.29, 0.717) is 54.0 Å². The van der Waals surface area contributed by atoms with E-state index in [2.05, 4.69) is 35.5 Å². The first-order chi connectivity index (χ1) is 19.0. The minimum absolute atomic E-state index is 0.0346. The van der Waals surface area contributed by atoms with Crippen molar-refractivity contribution in [3.05, 3.63) is 83.3 Å². The fourth-order valence-electron chi connectivity index (χ4n) is 4.08. The minimum Gasteiger partial charge on any atom is -0.395 e. The van der Waals surface area contributed by atoms with Gasteiger partial charge in [-0.05, 0) is 42.5 Å². The Bertz CT molecular complexity index is 1430. The molecule has 1 aliphatic rings. The van der Waals surface area contributed by atoms with Gasteiger partial charge in [-0.15, -0.1) is 0 Å². The van der Waals surface area contributed by atoms with E-state index >= 15 is 0 Å². The fourth-order valence-corrected chi connectivity index (χ4v) is 4.26. The summed E-state index contributed by atoms with van der Waals surface area (Å²) in [4.78, 5) is 34.8. The van der Waals surface area contributed by atoms with Gasteiger partial charge in [-0.25, -0.2) is 9.37 Å². The zero-order valence-electron chi connectivity index (χ0n) is 20.9. The minimum atomic E-state index is -0.534. The molecule has 0 atom stereocenters. The molecule has 4 aromatic rings. The number of amides is 1. The van der Waals surface area contributed by atoms with Crippen LogP contribution in [-0.4, -0.2) is 75.2 Å². The van der Waals surface area contributed by atoms with Gasteiger partial charge >= 0.3 is 0 Å². The monoisotopic (exact) mass is 548 g/mol. The molecule has 1 amide bonds. The number of halogens is 2. The van der Waals surface area contributed by atoms with Crippen LogP contribution in [-0.2, 0) is 0 Å². The SMILES string of the molecule is O=C(Nc1ccccc1)c1ccc(Nc2nc(-c3ccc(F)c(Cl)c3)nc(N3CCN(CCO)CC3)n2)nc1. The van der Waals surface area contributed by atoms with Crippen LogP contribution in [0.4, 0.5) is 27.8 Å². The summed E-state index contributed by atoms with van der Waals surface area (Å²) in [6.07, 6.45) is 1.46. The molecule has 1 fully saturated rings. The van der Waals surface area contributed by atoms with Gasteiger partial charge in [0.2, 0.25) is 11.9 Å². The van der Waals surface area contributed by atoms with Crippen LogP contribution >= 0.6 is 11.6 Å². The number of para-hydroxylation sites is 1. The van der Waals surface area contributed by atoms with E-state index in [1.165, 1.54) is 18.3 Å². The van der Waals surface area contributed by atoms with Gasteiger partial charge in [0.25, 0.3) is 5.91 Å². The number of hydrogen-bond acceptors (Lipinski definition) is 9. The number of β-amino-alcohol motifs (C(OH)–C–C–N with tert-alkyl or cyclic N) is 1. The molecule has 2 aromatic heterocycles. The second-order valence-electron chi connectivity index (χ2n) is 8.84. The van der Waals surface area contributed by atoms with Crippen molar-refractivity contribution in [2.75, 3.05) is 54.9 Å². The van der Waals surface area contributed by atoms with Gasteiger partial charge in [0.15, 0.2) is 5.82 Å². The van der Waals surface area contributed by atoms with Gasteiger partial charge in [-0.2, -0.15) is 15.0 Å². The number of carbonyl (C=O) groups excluding carboxylic acids is 1. The van der Waals surface area contributed by atoms with E-state index in [9.17, 15) is 14.3 Å². The van der Waals surface area contributed by atoms with Crippen LogP contribution < -0.4 is 15.5 Å². The van der Waals surface area contributed by atoms with Crippen LogP contribution in [0.3, 0.4) is 0 Å². The maximum Gasteiger partial charge on any atom is 0.257 e. The average Bonchev–Trinajstić information content (AvgIpc) is 2.96. The predicted octanol–water partition coefficient (Wildman–Crippen LogP) is 3.84. The molecule has 3 N–H and O–H groups in total. The Kier molecular flexibility index (Phi) is 8.21. The van der Waals surface area contributed by atoms with Crippen LogP contribution in [0.25, 0.3) is 11.4 Å². The molecule has 10 nitrogen and oxygen atoms in total. The maximum atomic E-state index is 13.8. The number of pyridine rings is 1. The summed E-state index contributed by atoms with van der Waals surface area (Å²) in [5.74, 6) is 0.625. The first-order valence-electron chi connectivity index (χ1n) is 12.4. The number of aliphatic hydroxyl groups excluding tert-OH is 1. The highest BCUT2D eigenvalue weighted by Gasteiger charge is 2.21. The van der Waals surface area contributed by atoms with Gasteiger partial charge in [-0.3, -0.25) is 9.69 Å². The summed E-state index contributed by atoms with van der Waals surface area (Å²) in [6.45, 7) is 3.55. The van der Waals surface area contributed by atoms with Crippen molar-refractivity contribution in [2.45, 2.75) is 0 Å². The highest BCUT2D eigenvalue weighted by Crippen LogP contribution is 2.26. The Morgan fingerprint density at radius 2 is 1.79 bits per heavy atom. The topological polar surface area (TPSA) is 119 Å². The van der Waals surface area contributed by atoms with E-state index < -0.39 is 5.82 Å². The number of carbonyl (C=O) groups is 1. The van der Waals surface area contributed by atoms with Crippen LogP contribution in [0.1, 0.15) is 10.4 Å². The number of hydrogen-bond donors (Lipinski definition) is 3. The molecule has 0 unspecified atom stereocenters. The van der Waals surface area contributed by atoms with E-state index in [4.69, 9.17) is 11.6 Å². The Morgan fingerprint density at radius 3 is 2.49 bits per heavy atom. The summed E-state index contributed by atoms with van der Waals surface area (Å²) >= 11 is 6.02. The molecular weight excluding hydrogens is 523 g/mol. The van der Waals surface area contributed by atoms with Crippen molar-refractivity contribution in [3.63, 3.8) is 0 Å². The number of aromatic nitrogens is 4.